The zero-order valence-electron chi connectivity index (χ0n) is 19.1. The first-order chi connectivity index (χ1) is 16.9. The van der Waals surface area contributed by atoms with Crippen molar-refractivity contribution in [3.63, 3.8) is 0 Å². The molecule has 0 unspecified atom stereocenters. The van der Waals surface area contributed by atoms with Crippen LogP contribution in [0.4, 0.5) is 5.00 Å². The highest BCUT2D eigenvalue weighted by Crippen LogP contribution is 2.37. The summed E-state index contributed by atoms with van der Waals surface area (Å²) in [7, 11) is 3.07. The Kier molecular flexibility index (Phi) is 7.38. The summed E-state index contributed by atoms with van der Waals surface area (Å²) in [6.45, 7) is 1.91. The lowest BCUT2D eigenvalue weighted by Crippen LogP contribution is -2.15. The number of benzene rings is 2. The van der Waals surface area contributed by atoms with E-state index >= 15 is 0 Å². The maximum Gasteiger partial charge on any atom is 0.341 e. The van der Waals surface area contributed by atoms with E-state index in [1.807, 2.05) is 0 Å². The zero-order chi connectivity index (χ0) is 24.9. The summed E-state index contributed by atoms with van der Waals surface area (Å²) < 4.78 is 21.2. The molecule has 35 heavy (non-hydrogen) atoms. The van der Waals surface area contributed by atoms with Gasteiger partial charge in [-0.1, -0.05) is 28.9 Å². The second-order valence-electron chi connectivity index (χ2n) is 7.18. The number of anilines is 1. The van der Waals surface area contributed by atoms with E-state index in [0.29, 0.717) is 38.4 Å². The fourth-order valence-corrected chi connectivity index (χ4v) is 4.45. The number of hydrogen-bond acceptors (Lipinski definition) is 8. The molecule has 0 fully saturated rings. The predicted octanol–water partition coefficient (Wildman–Crippen LogP) is 6.17. The van der Waals surface area contributed by atoms with Gasteiger partial charge in [0.25, 0.3) is 5.91 Å². The third-order valence-corrected chi connectivity index (χ3v) is 6.21. The van der Waals surface area contributed by atoms with E-state index in [-0.39, 0.29) is 17.9 Å². The number of ether oxygens (including phenoxy) is 3. The van der Waals surface area contributed by atoms with Crippen molar-refractivity contribution in [3.05, 3.63) is 70.2 Å². The van der Waals surface area contributed by atoms with Gasteiger partial charge in [0.2, 0.25) is 0 Å². The average molecular weight is 513 g/mol. The van der Waals surface area contributed by atoms with Crippen LogP contribution in [0.2, 0.25) is 5.02 Å². The van der Waals surface area contributed by atoms with Gasteiger partial charge in [-0.3, -0.25) is 4.79 Å². The maximum absolute atomic E-state index is 13.0. The summed E-state index contributed by atoms with van der Waals surface area (Å²) in [5.74, 6) is 0.375. The molecule has 0 aliphatic rings. The lowest BCUT2D eigenvalue weighted by Gasteiger charge is -2.08. The third kappa shape index (κ3) is 5.16. The number of hydrogen-bond donors (Lipinski definition) is 1. The van der Waals surface area contributed by atoms with Crippen LogP contribution in [0.1, 0.15) is 27.8 Å². The number of amides is 1. The highest BCUT2D eigenvalue weighted by molar-refractivity contribution is 7.15. The van der Waals surface area contributed by atoms with Crippen molar-refractivity contribution in [1.82, 2.24) is 5.16 Å². The minimum Gasteiger partial charge on any atom is -0.493 e. The van der Waals surface area contributed by atoms with Crippen molar-refractivity contribution in [2.45, 2.75) is 6.92 Å². The van der Waals surface area contributed by atoms with Gasteiger partial charge in [-0.05, 0) is 42.8 Å². The largest absolute Gasteiger partial charge is 0.493 e. The van der Waals surface area contributed by atoms with E-state index in [0.717, 1.165) is 5.56 Å². The molecule has 0 spiro atoms. The Hall–Kier alpha value is -3.82. The highest BCUT2D eigenvalue weighted by Gasteiger charge is 2.24. The summed E-state index contributed by atoms with van der Waals surface area (Å²) in [4.78, 5) is 25.7. The van der Waals surface area contributed by atoms with Gasteiger partial charge < -0.3 is 24.1 Å². The molecule has 10 heteroatoms. The number of nitrogens with zero attached hydrogens (tertiary/aromatic N) is 1. The summed E-state index contributed by atoms with van der Waals surface area (Å²) in [6, 6.07) is 13.8. The molecule has 0 saturated heterocycles. The van der Waals surface area contributed by atoms with Crippen LogP contribution in [-0.2, 0) is 4.74 Å². The zero-order valence-corrected chi connectivity index (χ0v) is 20.7. The minimum atomic E-state index is -0.542. The van der Waals surface area contributed by atoms with Crippen LogP contribution in [0.25, 0.3) is 22.5 Å². The monoisotopic (exact) mass is 512 g/mol. The number of aromatic nitrogens is 1. The van der Waals surface area contributed by atoms with Crippen molar-refractivity contribution in [2.24, 2.45) is 0 Å². The molecule has 1 N–H and O–H groups in total. The molecule has 0 aliphatic carbocycles. The average Bonchev–Trinajstić information content (AvgIpc) is 3.52. The summed E-state index contributed by atoms with van der Waals surface area (Å²) in [5.41, 5.74) is 2.36. The first-order valence-corrected chi connectivity index (χ1v) is 11.8. The van der Waals surface area contributed by atoms with Gasteiger partial charge in [0.1, 0.15) is 10.6 Å². The lowest BCUT2D eigenvalue weighted by atomic mass is 10.0. The predicted molar refractivity (Wildman–Crippen MR) is 134 cm³/mol. The van der Waals surface area contributed by atoms with Crippen LogP contribution in [0.3, 0.4) is 0 Å². The number of methoxy groups -OCH3 is 2. The van der Waals surface area contributed by atoms with E-state index < -0.39 is 11.9 Å². The molecular weight excluding hydrogens is 492 g/mol. The van der Waals surface area contributed by atoms with Gasteiger partial charge in [0, 0.05) is 27.6 Å². The summed E-state index contributed by atoms with van der Waals surface area (Å²) >= 11 is 7.21. The van der Waals surface area contributed by atoms with E-state index in [4.69, 9.17) is 30.3 Å². The number of thiophene rings is 1. The van der Waals surface area contributed by atoms with E-state index in [1.54, 1.807) is 61.9 Å². The Balaban J connectivity index is 1.61. The second-order valence-corrected chi connectivity index (χ2v) is 8.50. The molecule has 0 atom stereocenters. The number of nitrogens with one attached hydrogen (secondary N) is 1. The first-order valence-electron chi connectivity index (χ1n) is 10.5. The van der Waals surface area contributed by atoms with Crippen molar-refractivity contribution in [1.29, 1.82) is 0 Å². The van der Waals surface area contributed by atoms with Crippen molar-refractivity contribution >= 4 is 39.8 Å². The second kappa shape index (κ2) is 10.6. The van der Waals surface area contributed by atoms with Gasteiger partial charge in [0.05, 0.1) is 20.8 Å². The lowest BCUT2D eigenvalue weighted by molar-refractivity contribution is 0.0529. The molecule has 1 amide bonds. The molecule has 180 valence electrons. The molecular formula is C25H21ClN2O6S. The van der Waals surface area contributed by atoms with E-state index in [9.17, 15) is 9.59 Å². The van der Waals surface area contributed by atoms with Gasteiger partial charge in [-0.25, -0.2) is 4.79 Å². The molecule has 0 aliphatic heterocycles. The van der Waals surface area contributed by atoms with Crippen LogP contribution < -0.4 is 14.8 Å². The number of carbonyl (C=O) groups excluding carboxylic acids is 2. The number of carbonyl (C=O) groups is 2. The van der Waals surface area contributed by atoms with Crippen LogP contribution >= 0.6 is 22.9 Å². The van der Waals surface area contributed by atoms with Crippen molar-refractivity contribution in [2.75, 3.05) is 26.1 Å². The number of rotatable bonds is 8. The minimum absolute atomic E-state index is 0.0473. The molecule has 0 bridgehead atoms. The van der Waals surface area contributed by atoms with E-state index in [1.165, 1.54) is 24.5 Å². The third-order valence-electron chi connectivity index (χ3n) is 5.06. The molecule has 4 aromatic rings. The molecule has 2 aromatic carbocycles. The van der Waals surface area contributed by atoms with Crippen LogP contribution in [0.5, 0.6) is 11.5 Å². The molecule has 8 nitrogen and oxygen atoms in total. The van der Waals surface area contributed by atoms with Crippen LogP contribution in [-0.4, -0.2) is 37.9 Å². The van der Waals surface area contributed by atoms with E-state index in [2.05, 4.69) is 10.5 Å². The van der Waals surface area contributed by atoms with Gasteiger partial charge in [-0.2, -0.15) is 0 Å². The molecule has 2 heterocycles. The molecule has 0 saturated carbocycles. The Morgan fingerprint density at radius 2 is 1.74 bits per heavy atom. The Morgan fingerprint density at radius 1 is 1.03 bits per heavy atom. The van der Waals surface area contributed by atoms with Crippen LogP contribution in [0, 0.1) is 0 Å². The van der Waals surface area contributed by atoms with Crippen molar-refractivity contribution < 1.29 is 28.3 Å². The number of esters is 1. The number of halogens is 1. The quantitative estimate of drug-likeness (QED) is 0.282. The maximum atomic E-state index is 13.0. The highest BCUT2D eigenvalue weighted by atomic mass is 35.5. The SMILES string of the molecule is CCOC(=O)c1c(-c2ccc(Cl)cc2)csc1NC(=O)c1cc(-c2ccc(OC)c(OC)c2)on1. The normalized spacial score (nSPS) is 10.6. The Labute approximate surface area is 210 Å². The summed E-state index contributed by atoms with van der Waals surface area (Å²) in [6.07, 6.45) is 0. The Morgan fingerprint density at radius 3 is 2.43 bits per heavy atom. The molecule has 2 aromatic heterocycles. The smallest absolute Gasteiger partial charge is 0.341 e. The molecule has 4 rings (SSSR count). The fraction of sp³-hybridized carbons (Fsp3) is 0.160. The topological polar surface area (TPSA) is 99.9 Å². The molecule has 0 radical (unpaired) electrons. The Bertz CT molecular complexity index is 1360. The fourth-order valence-electron chi connectivity index (χ4n) is 3.37. The summed E-state index contributed by atoms with van der Waals surface area (Å²) in [5, 5.41) is 9.34. The first kappa shape index (κ1) is 24.3. The van der Waals surface area contributed by atoms with Gasteiger partial charge in [0.15, 0.2) is 23.0 Å². The van der Waals surface area contributed by atoms with Gasteiger partial charge in [-0.15, -0.1) is 11.3 Å². The van der Waals surface area contributed by atoms with Crippen molar-refractivity contribution in [3.8, 4) is 33.9 Å². The van der Waals surface area contributed by atoms with Gasteiger partial charge >= 0.3 is 5.97 Å². The van der Waals surface area contributed by atoms with Crippen LogP contribution in [0.15, 0.2) is 58.4 Å². The standard InChI is InChI=1S/C25H21ClN2O6S/c1-4-33-25(30)22-17(14-5-8-16(26)9-6-14)13-35-24(22)27-23(29)18-12-20(34-28-18)15-7-10-19(31-2)21(11-15)32-3/h5-13H,4H2,1-3H3,(H,27,29).